The summed E-state index contributed by atoms with van der Waals surface area (Å²) in [7, 11) is 4.07. The van der Waals surface area contributed by atoms with Crippen molar-refractivity contribution in [3.05, 3.63) is 52.3 Å². The van der Waals surface area contributed by atoms with E-state index in [1.165, 1.54) is 12.1 Å². The van der Waals surface area contributed by atoms with E-state index in [1.807, 2.05) is 19.6 Å². The summed E-state index contributed by atoms with van der Waals surface area (Å²) in [6.07, 6.45) is 3.97. The molecule has 1 fully saturated rings. The fourth-order valence-corrected chi connectivity index (χ4v) is 4.32. The van der Waals surface area contributed by atoms with Crippen molar-refractivity contribution in [3.8, 4) is 0 Å². The average molecular weight is 481 g/mol. The smallest absolute Gasteiger partial charge is 0.201 e. The third-order valence-electron chi connectivity index (χ3n) is 5.88. The Morgan fingerprint density at radius 2 is 2.00 bits per heavy atom. The van der Waals surface area contributed by atoms with E-state index >= 15 is 0 Å². The van der Waals surface area contributed by atoms with Crippen LogP contribution >= 0.6 is 11.6 Å². The first-order valence-corrected chi connectivity index (χ1v) is 10.9. The van der Waals surface area contributed by atoms with Gasteiger partial charge in [0.1, 0.15) is 11.3 Å². The lowest BCUT2D eigenvalue weighted by Crippen LogP contribution is -2.38. The number of imidazole rings is 1. The summed E-state index contributed by atoms with van der Waals surface area (Å²) in [5.74, 6) is -2.80. The highest BCUT2D eigenvalue weighted by Crippen LogP contribution is 2.29. The zero-order valence-corrected chi connectivity index (χ0v) is 18.8. The van der Waals surface area contributed by atoms with Gasteiger partial charge in [0.05, 0.1) is 16.2 Å². The van der Waals surface area contributed by atoms with Crippen LogP contribution in [-0.4, -0.2) is 52.1 Å². The molecular weight excluding hydrogens is 457 g/mol. The molecule has 4 N–H and O–H groups in total. The summed E-state index contributed by atoms with van der Waals surface area (Å²) in [4.78, 5) is 13.5. The predicted molar refractivity (Wildman–Crippen MR) is 122 cm³/mol. The number of H-pyrrole nitrogens is 1. The molecular formula is C22H24ClF3N6O. The van der Waals surface area contributed by atoms with E-state index in [1.54, 1.807) is 0 Å². The van der Waals surface area contributed by atoms with E-state index in [2.05, 4.69) is 25.2 Å². The van der Waals surface area contributed by atoms with Gasteiger partial charge >= 0.3 is 0 Å². The van der Waals surface area contributed by atoms with Crippen LogP contribution in [0.25, 0.3) is 11.0 Å². The summed E-state index contributed by atoms with van der Waals surface area (Å²) in [6, 6.07) is 5.13. The maximum atomic E-state index is 14.6. The highest BCUT2D eigenvalue weighted by atomic mass is 35.5. The molecule has 0 radical (unpaired) electrons. The van der Waals surface area contributed by atoms with Crippen molar-refractivity contribution in [3.63, 3.8) is 0 Å². The summed E-state index contributed by atoms with van der Waals surface area (Å²) < 4.78 is 42.4. The number of nitrogens with one attached hydrogen (secondary N) is 3. The van der Waals surface area contributed by atoms with E-state index < -0.39 is 17.5 Å². The van der Waals surface area contributed by atoms with E-state index in [9.17, 15) is 18.4 Å². The molecule has 176 valence electrons. The van der Waals surface area contributed by atoms with Gasteiger partial charge in [-0.1, -0.05) is 11.6 Å². The van der Waals surface area contributed by atoms with E-state index in [0.717, 1.165) is 37.8 Å². The predicted octanol–water partition coefficient (Wildman–Crippen LogP) is 4.98. The van der Waals surface area contributed by atoms with Crippen molar-refractivity contribution in [2.24, 2.45) is 4.99 Å². The molecule has 0 aliphatic heterocycles. The molecule has 0 saturated heterocycles. The van der Waals surface area contributed by atoms with Crippen molar-refractivity contribution in [1.29, 1.82) is 0 Å². The molecule has 1 aliphatic rings. The minimum Gasteiger partial charge on any atom is -0.353 e. The SMILES string of the molecule is CN(C)C1CCCC(Nc2nc3c(F)c(F)cc(C(=Nc4ccc(F)c(Cl)c4)NO)c3[nH]2)C1. The number of hydroxylamine groups is 1. The van der Waals surface area contributed by atoms with Crippen LogP contribution in [0.1, 0.15) is 31.2 Å². The first-order chi connectivity index (χ1) is 15.8. The minimum atomic E-state index is -1.15. The Morgan fingerprint density at radius 1 is 1.21 bits per heavy atom. The quantitative estimate of drug-likeness (QED) is 0.235. The van der Waals surface area contributed by atoms with Crippen LogP contribution in [0.4, 0.5) is 24.8 Å². The minimum absolute atomic E-state index is 0.0437. The molecule has 1 heterocycles. The van der Waals surface area contributed by atoms with E-state index in [0.29, 0.717) is 12.0 Å². The van der Waals surface area contributed by atoms with Gasteiger partial charge in [0.15, 0.2) is 17.5 Å². The number of fused-ring (bicyclic) bond motifs is 1. The first kappa shape index (κ1) is 23.3. The molecule has 1 aromatic heterocycles. The third-order valence-corrected chi connectivity index (χ3v) is 6.17. The summed E-state index contributed by atoms with van der Waals surface area (Å²) >= 11 is 5.79. The Balaban J connectivity index is 1.71. The molecule has 7 nitrogen and oxygen atoms in total. The van der Waals surface area contributed by atoms with Gasteiger partial charge in [0.2, 0.25) is 5.95 Å². The standard InChI is InChI=1S/C22H24ClF3N6O/c1-32(2)13-5-3-4-11(8-13)28-22-29-19-14(10-17(25)18(26)20(19)30-22)21(31-33)27-12-6-7-16(24)15(23)9-12/h6-7,9-11,13,33H,3-5,8H2,1-2H3,(H,27,31)(H2,28,29,30). The molecule has 1 saturated carbocycles. The Morgan fingerprint density at radius 3 is 2.70 bits per heavy atom. The average Bonchev–Trinajstić information content (AvgIpc) is 3.21. The van der Waals surface area contributed by atoms with Gasteiger partial charge in [-0.15, -0.1) is 0 Å². The highest BCUT2D eigenvalue weighted by molar-refractivity contribution is 6.31. The fourth-order valence-electron chi connectivity index (χ4n) is 4.14. The van der Waals surface area contributed by atoms with E-state index in [4.69, 9.17) is 11.6 Å². The number of benzene rings is 2. The second-order valence-electron chi connectivity index (χ2n) is 8.32. The number of rotatable bonds is 5. The van der Waals surface area contributed by atoms with Gasteiger partial charge in [0.25, 0.3) is 0 Å². The Kier molecular flexibility index (Phi) is 6.78. The van der Waals surface area contributed by atoms with Crippen LogP contribution in [0.5, 0.6) is 0 Å². The molecule has 33 heavy (non-hydrogen) atoms. The van der Waals surface area contributed by atoms with Gasteiger partial charge in [0, 0.05) is 17.6 Å². The zero-order valence-electron chi connectivity index (χ0n) is 18.1. The van der Waals surface area contributed by atoms with Gasteiger partial charge in [-0.05, 0) is 64.0 Å². The van der Waals surface area contributed by atoms with Crippen LogP contribution in [0.2, 0.25) is 5.02 Å². The van der Waals surface area contributed by atoms with Crippen LogP contribution < -0.4 is 10.8 Å². The largest absolute Gasteiger partial charge is 0.353 e. The number of halogens is 4. The number of amidine groups is 1. The lowest BCUT2D eigenvalue weighted by Gasteiger charge is -2.33. The Labute approximate surface area is 193 Å². The third kappa shape index (κ3) is 4.92. The molecule has 2 unspecified atom stereocenters. The number of hydrogen-bond acceptors (Lipinski definition) is 5. The molecule has 0 spiro atoms. The molecule has 1 aliphatic carbocycles. The number of aromatic amines is 1. The Bertz CT molecular complexity index is 1200. The summed E-state index contributed by atoms with van der Waals surface area (Å²) in [5.41, 5.74) is 2.06. The fraction of sp³-hybridized carbons (Fsp3) is 0.364. The topological polar surface area (TPSA) is 88.6 Å². The van der Waals surface area contributed by atoms with Crippen molar-refractivity contribution < 1.29 is 18.4 Å². The summed E-state index contributed by atoms with van der Waals surface area (Å²) in [6.45, 7) is 0. The van der Waals surface area contributed by atoms with Crippen LogP contribution in [-0.2, 0) is 0 Å². The van der Waals surface area contributed by atoms with Crippen molar-refractivity contribution in [2.75, 3.05) is 19.4 Å². The van der Waals surface area contributed by atoms with Crippen LogP contribution in [0, 0.1) is 17.5 Å². The molecule has 0 amide bonds. The zero-order chi connectivity index (χ0) is 23.7. The lowest BCUT2D eigenvalue weighted by atomic mass is 9.90. The van der Waals surface area contributed by atoms with Crippen LogP contribution in [0.3, 0.4) is 0 Å². The Hall–Kier alpha value is -2.82. The summed E-state index contributed by atoms with van der Waals surface area (Å²) in [5, 5.41) is 12.8. The van der Waals surface area contributed by atoms with Gasteiger partial charge < -0.3 is 15.2 Å². The van der Waals surface area contributed by atoms with Gasteiger partial charge in [-0.25, -0.2) is 23.1 Å². The second-order valence-corrected chi connectivity index (χ2v) is 8.73. The number of hydrogen-bond donors (Lipinski definition) is 4. The maximum Gasteiger partial charge on any atom is 0.201 e. The number of aliphatic imine (C=N–C) groups is 1. The van der Waals surface area contributed by atoms with Crippen LogP contribution in [0.15, 0.2) is 29.3 Å². The first-order valence-electron chi connectivity index (χ1n) is 10.5. The molecule has 2 atom stereocenters. The molecule has 3 aromatic rings. The normalized spacial score (nSPS) is 19.3. The second kappa shape index (κ2) is 9.58. The maximum absolute atomic E-state index is 14.6. The number of anilines is 1. The van der Waals surface area contributed by atoms with E-state index in [-0.39, 0.29) is 39.2 Å². The number of nitrogens with zero attached hydrogens (tertiary/aromatic N) is 3. The molecule has 4 rings (SSSR count). The monoisotopic (exact) mass is 480 g/mol. The van der Waals surface area contributed by atoms with Crippen molar-refractivity contribution in [2.45, 2.75) is 37.8 Å². The van der Waals surface area contributed by atoms with Gasteiger partial charge in [-0.2, -0.15) is 0 Å². The molecule has 0 bridgehead atoms. The molecule has 11 heteroatoms. The van der Waals surface area contributed by atoms with Gasteiger partial charge in [-0.3, -0.25) is 10.7 Å². The lowest BCUT2D eigenvalue weighted by molar-refractivity contribution is 0.219. The number of aromatic nitrogens is 2. The molecule has 2 aromatic carbocycles. The highest BCUT2D eigenvalue weighted by Gasteiger charge is 2.25. The van der Waals surface area contributed by atoms with Crippen molar-refractivity contribution in [1.82, 2.24) is 20.3 Å². The van der Waals surface area contributed by atoms with Crippen molar-refractivity contribution >= 4 is 40.1 Å².